The van der Waals surface area contributed by atoms with E-state index in [0.29, 0.717) is 0 Å². The Morgan fingerprint density at radius 2 is 2.06 bits per heavy atom. The van der Waals surface area contributed by atoms with Crippen molar-refractivity contribution in [1.82, 2.24) is 4.98 Å². The Hall–Kier alpha value is -0.0600. The fraction of sp³-hybridized carbons (Fsp3) is 0.308. The summed E-state index contributed by atoms with van der Waals surface area (Å²) in [6, 6.07) is 10.4. The fourth-order valence-corrected chi connectivity index (χ4v) is 3.30. The monoisotopic (exact) mass is 373 g/mol. The molecule has 1 aromatic heterocycles. The number of aromatic nitrogens is 1. The number of hydrogen-bond acceptors (Lipinski definition) is 2. The molecule has 0 N–H and O–H groups in total. The molecule has 0 aliphatic rings. The predicted octanol–water partition coefficient (Wildman–Crippen LogP) is 4.88. The zero-order valence-corrected chi connectivity index (χ0v) is 13.5. The Balaban J connectivity index is 2.24. The minimum atomic E-state index is 0.120. The lowest BCUT2D eigenvalue weighted by Crippen LogP contribution is -2.20. The molecular formula is C13H13Br2NS. The molecule has 0 spiro atoms. The van der Waals surface area contributed by atoms with Gasteiger partial charge in [0.25, 0.3) is 0 Å². The number of halogens is 2. The summed E-state index contributed by atoms with van der Waals surface area (Å²) in [6.07, 6.45) is 1.85. The van der Waals surface area contributed by atoms with Crippen LogP contribution < -0.4 is 0 Å². The lowest BCUT2D eigenvalue weighted by molar-refractivity contribution is 0.858. The highest BCUT2D eigenvalue weighted by molar-refractivity contribution is 9.12. The zero-order valence-electron chi connectivity index (χ0n) is 9.49. The number of benzene rings is 1. The molecule has 0 saturated carbocycles. The molecule has 0 saturated heterocycles. The van der Waals surface area contributed by atoms with Crippen LogP contribution in [0.2, 0.25) is 0 Å². The van der Waals surface area contributed by atoms with E-state index in [2.05, 4.69) is 68.0 Å². The fourth-order valence-electron chi connectivity index (χ4n) is 1.46. The van der Waals surface area contributed by atoms with Gasteiger partial charge < -0.3 is 0 Å². The molecule has 1 heterocycles. The highest BCUT2D eigenvalue weighted by Crippen LogP contribution is 2.32. The molecule has 17 heavy (non-hydrogen) atoms. The number of pyridine rings is 1. The Labute approximate surface area is 123 Å². The third-order valence-corrected chi connectivity index (χ3v) is 6.75. The van der Waals surface area contributed by atoms with Crippen molar-refractivity contribution in [2.45, 2.75) is 16.1 Å². The van der Waals surface area contributed by atoms with Gasteiger partial charge in [0.15, 0.2) is 0 Å². The van der Waals surface area contributed by atoms with Gasteiger partial charge in [-0.1, -0.05) is 50.1 Å². The first-order chi connectivity index (χ1) is 8.12. The first-order valence-corrected chi connectivity index (χ1v) is 8.24. The van der Waals surface area contributed by atoms with E-state index < -0.39 is 0 Å². The van der Waals surface area contributed by atoms with Gasteiger partial charge in [-0.15, -0.1) is 11.8 Å². The summed E-state index contributed by atoms with van der Waals surface area (Å²) in [7, 11) is 0. The van der Waals surface area contributed by atoms with Gasteiger partial charge in [0, 0.05) is 31.9 Å². The van der Waals surface area contributed by atoms with Crippen LogP contribution >= 0.6 is 43.6 Å². The summed E-state index contributed by atoms with van der Waals surface area (Å²) >= 11 is 9.07. The largest absolute Gasteiger partial charge is 0.255 e. The van der Waals surface area contributed by atoms with Crippen LogP contribution in [0.15, 0.2) is 41.4 Å². The Morgan fingerprint density at radius 3 is 2.82 bits per heavy atom. The molecule has 4 heteroatoms. The number of nitrogens with zero attached hydrogens (tertiary/aromatic N) is 1. The number of thioether (sulfide) groups is 1. The minimum absolute atomic E-state index is 0.120. The summed E-state index contributed by atoms with van der Waals surface area (Å²) in [5, 5.41) is 2.14. The Kier molecular flexibility index (Phi) is 4.50. The molecule has 1 atom stereocenters. The quantitative estimate of drug-likeness (QED) is 0.559. The van der Waals surface area contributed by atoms with E-state index in [1.54, 1.807) is 0 Å². The third-order valence-electron chi connectivity index (χ3n) is 2.40. The van der Waals surface area contributed by atoms with Gasteiger partial charge in [-0.3, -0.25) is 4.98 Å². The van der Waals surface area contributed by atoms with Crippen LogP contribution in [0.5, 0.6) is 0 Å². The molecule has 1 nitrogen and oxygen atoms in total. The topological polar surface area (TPSA) is 12.9 Å². The molecular weight excluding hydrogens is 362 g/mol. The van der Waals surface area contributed by atoms with Gasteiger partial charge >= 0.3 is 0 Å². The van der Waals surface area contributed by atoms with Crippen LogP contribution in [0.3, 0.4) is 0 Å². The molecule has 0 aliphatic carbocycles. The van der Waals surface area contributed by atoms with E-state index in [1.807, 2.05) is 24.0 Å². The van der Waals surface area contributed by atoms with Gasteiger partial charge in [0.1, 0.15) is 0 Å². The van der Waals surface area contributed by atoms with Crippen LogP contribution in [0, 0.1) is 0 Å². The molecule has 2 rings (SSSR count). The van der Waals surface area contributed by atoms with Crippen molar-refractivity contribution in [3.8, 4) is 0 Å². The number of hydrogen-bond donors (Lipinski definition) is 0. The zero-order chi connectivity index (χ0) is 12.3. The number of para-hydroxylation sites is 1. The van der Waals surface area contributed by atoms with E-state index in [-0.39, 0.29) is 4.32 Å². The van der Waals surface area contributed by atoms with Crippen LogP contribution in [0.25, 0.3) is 10.9 Å². The van der Waals surface area contributed by atoms with Crippen LogP contribution in [0.1, 0.15) is 6.92 Å². The summed E-state index contributed by atoms with van der Waals surface area (Å²) < 4.78 is 0.120. The number of fused-ring (bicyclic) bond motifs is 1. The number of rotatable bonds is 4. The predicted molar refractivity (Wildman–Crippen MR) is 83.6 cm³/mol. The van der Waals surface area contributed by atoms with Crippen LogP contribution in [0.4, 0.5) is 0 Å². The van der Waals surface area contributed by atoms with E-state index in [0.717, 1.165) is 16.6 Å². The van der Waals surface area contributed by atoms with Crippen molar-refractivity contribution in [3.63, 3.8) is 0 Å². The van der Waals surface area contributed by atoms with Gasteiger partial charge in [-0.05, 0) is 19.1 Å². The molecule has 2 aromatic rings. The molecule has 0 aliphatic heterocycles. The van der Waals surface area contributed by atoms with E-state index >= 15 is 0 Å². The third kappa shape index (κ3) is 3.46. The molecule has 0 fully saturated rings. The Morgan fingerprint density at radius 1 is 1.29 bits per heavy atom. The molecule has 0 radical (unpaired) electrons. The minimum Gasteiger partial charge on any atom is -0.255 e. The summed E-state index contributed by atoms with van der Waals surface area (Å²) in [6.45, 7) is 2.19. The average molecular weight is 375 g/mol. The van der Waals surface area contributed by atoms with Crippen molar-refractivity contribution in [2.75, 3.05) is 11.1 Å². The maximum atomic E-state index is 4.46. The van der Waals surface area contributed by atoms with E-state index in [1.165, 1.54) is 10.3 Å². The van der Waals surface area contributed by atoms with Gasteiger partial charge in [-0.2, -0.15) is 0 Å². The summed E-state index contributed by atoms with van der Waals surface area (Å²) in [5.74, 6) is 1.01. The molecule has 1 unspecified atom stereocenters. The molecule has 0 bridgehead atoms. The summed E-state index contributed by atoms with van der Waals surface area (Å²) in [4.78, 5) is 5.70. The standard InChI is InChI=1S/C13H13Br2NS/c1-13(15,8-14)9-17-11-6-2-4-10-5-3-7-16-12(10)11/h2-7H,8-9H2,1H3. The van der Waals surface area contributed by atoms with Crippen molar-refractivity contribution in [1.29, 1.82) is 0 Å². The van der Waals surface area contributed by atoms with Crippen LogP contribution in [-0.4, -0.2) is 20.4 Å². The second kappa shape index (κ2) is 5.72. The van der Waals surface area contributed by atoms with Gasteiger partial charge in [0.05, 0.1) is 5.52 Å². The van der Waals surface area contributed by atoms with Crippen LogP contribution in [-0.2, 0) is 0 Å². The molecule has 0 amide bonds. The van der Waals surface area contributed by atoms with E-state index in [9.17, 15) is 0 Å². The lowest BCUT2D eigenvalue weighted by atomic mass is 10.2. The molecule has 90 valence electrons. The van der Waals surface area contributed by atoms with Crippen molar-refractivity contribution in [3.05, 3.63) is 36.5 Å². The highest BCUT2D eigenvalue weighted by atomic mass is 79.9. The summed E-state index contributed by atoms with van der Waals surface area (Å²) in [5.41, 5.74) is 1.10. The lowest BCUT2D eigenvalue weighted by Gasteiger charge is -2.18. The van der Waals surface area contributed by atoms with Crippen molar-refractivity contribution < 1.29 is 0 Å². The van der Waals surface area contributed by atoms with Crippen molar-refractivity contribution >= 4 is 54.5 Å². The Bertz CT molecular complexity index is 508. The SMILES string of the molecule is CC(Br)(CBr)CSc1cccc2cccnc12. The second-order valence-electron chi connectivity index (χ2n) is 4.17. The maximum Gasteiger partial charge on any atom is 0.0837 e. The highest BCUT2D eigenvalue weighted by Gasteiger charge is 2.19. The van der Waals surface area contributed by atoms with Gasteiger partial charge in [0.2, 0.25) is 0 Å². The maximum absolute atomic E-state index is 4.46. The second-order valence-corrected chi connectivity index (χ2v) is 7.66. The smallest absolute Gasteiger partial charge is 0.0837 e. The van der Waals surface area contributed by atoms with E-state index in [4.69, 9.17) is 0 Å². The first-order valence-electron chi connectivity index (χ1n) is 5.34. The number of alkyl halides is 2. The average Bonchev–Trinajstić information content (AvgIpc) is 2.36. The first kappa shape index (κ1) is 13.4. The van der Waals surface area contributed by atoms with Crippen molar-refractivity contribution in [2.24, 2.45) is 0 Å². The molecule has 1 aromatic carbocycles. The normalized spacial score (nSPS) is 14.8. The van der Waals surface area contributed by atoms with Gasteiger partial charge in [-0.25, -0.2) is 0 Å².